The molecule has 0 heterocycles. The number of hydrogen-bond donors (Lipinski definition) is 2. The summed E-state index contributed by atoms with van der Waals surface area (Å²) < 4.78 is 5.62. The van der Waals surface area contributed by atoms with Gasteiger partial charge in [0.1, 0.15) is 5.75 Å². The molecule has 0 bridgehead atoms. The second kappa shape index (κ2) is 7.58. The summed E-state index contributed by atoms with van der Waals surface area (Å²) in [6.45, 7) is 2.84. The molecule has 0 saturated heterocycles. The van der Waals surface area contributed by atoms with Crippen molar-refractivity contribution in [1.82, 2.24) is 0 Å². The van der Waals surface area contributed by atoms with Crippen molar-refractivity contribution in [3.63, 3.8) is 0 Å². The summed E-state index contributed by atoms with van der Waals surface area (Å²) >= 11 is 4.15. The fraction of sp³-hybridized carbons (Fsp3) is 0.538. The lowest BCUT2D eigenvalue weighted by Gasteiger charge is -2.09. The van der Waals surface area contributed by atoms with Gasteiger partial charge in [-0.1, -0.05) is 17.7 Å². The second-order valence-corrected chi connectivity index (χ2v) is 4.47. The molecule has 1 aromatic rings. The molecule has 1 rings (SSSR count). The van der Waals surface area contributed by atoms with Crippen molar-refractivity contribution in [3.8, 4) is 5.75 Å². The maximum atomic E-state index is 5.77. The minimum absolute atomic E-state index is 0.225. The van der Waals surface area contributed by atoms with Gasteiger partial charge in [-0.2, -0.15) is 12.6 Å². The van der Waals surface area contributed by atoms with E-state index >= 15 is 0 Å². The van der Waals surface area contributed by atoms with Crippen molar-refractivity contribution in [2.24, 2.45) is 5.73 Å². The number of ether oxygens (including phenoxy) is 1. The first kappa shape index (κ1) is 13.4. The Morgan fingerprint density at radius 1 is 1.25 bits per heavy atom. The summed E-state index contributed by atoms with van der Waals surface area (Å²) in [5, 5.41) is 0. The molecule has 0 spiro atoms. The molecule has 0 amide bonds. The summed E-state index contributed by atoms with van der Waals surface area (Å²) in [5.41, 5.74) is 7.02. The third-order valence-corrected chi connectivity index (χ3v) is 2.96. The van der Waals surface area contributed by atoms with E-state index in [0.717, 1.165) is 37.4 Å². The average Bonchev–Trinajstić information content (AvgIpc) is 2.31. The van der Waals surface area contributed by atoms with Crippen molar-refractivity contribution >= 4 is 12.6 Å². The van der Waals surface area contributed by atoms with Gasteiger partial charge in [0.25, 0.3) is 0 Å². The van der Waals surface area contributed by atoms with E-state index in [1.165, 1.54) is 5.56 Å². The molecule has 3 heteroatoms. The van der Waals surface area contributed by atoms with E-state index in [2.05, 4.69) is 31.7 Å². The monoisotopic (exact) mass is 239 g/mol. The van der Waals surface area contributed by atoms with E-state index in [4.69, 9.17) is 10.5 Å². The quantitative estimate of drug-likeness (QED) is 0.567. The second-order valence-electron chi connectivity index (χ2n) is 4.10. The van der Waals surface area contributed by atoms with Crippen LogP contribution < -0.4 is 10.5 Å². The van der Waals surface area contributed by atoms with Crippen LogP contribution in [0.25, 0.3) is 0 Å². The highest BCUT2D eigenvalue weighted by atomic mass is 32.1. The van der Waals surface area contributed by atoms with Crippen LogP contribution in [0.2, 0.25) is 0 Å². The highest BCUT2D eigenvalue weighted by molar-refractivity contribution is 7.80. The van der Waals surface area contributed by atoms with E-state index in [-0.39, 0.29) is 6.04 Å². The van der Waals surface area contributed by atoms with Crippen LogP contribution >= 0.6 is 12.6 Å². The third kappa shape index (κ3) is 5.42. The molecule has 0 unspecified atom stereocenters. The maximum absolute atomic E-state index is 5.77. The molecule has 0 aliphatic heterocycles. The number of hydrogen-bond acceptors (Lipinski definition) is 3. The first-order valence-electron chi connectivity index (χ1n) is 5.78. The Labute approximate surface area is 104 Å². The van der Waals surface area contributed by atoms with Gasteiger partial charge in [-0.3, -0.25) is 0 Å². The zero-order valence-corrected chi connectivity index (χ0v) is 10.7. The number of rotatable bonds is 7. The van der Waals surface area contributed by atoms with E-state index in [9.17, 15) is 0 Å². The smallest absolute Gasteiger partial charge is 0.119 e. The van der Waals surface area contributed by atoms with Crippen LogP contribution in [0.5, 0.6) is 5.75 Å². The zero-order chi connectivity index (χ0) is 11.8. The molecule has 1 atom stereocenters. The van der Waals surface area contributed by atoms with Crippen molar-refractivity contribution in [3.05, 3.63) is 29.8 Å². The lowest BCUT2D eigenvalue weighted by molar-refractivity contribution is 0.304. The molecule has 2 N–H and O–H groups in total. The molecular formula is C13H21NOS. The largest absolute Gasteiger partial charge is 0.494 e. The Morgan fingerprint density at radius 3 is 2.56 bits per heavy atom. The Morgan fingerprint density at radius 2 is 1.94 bits per heavy atom. The number of nitrogens with two attached hydrogens (primary N) is 1. The Kier molecular flexibility index (Phi) is 6.34. The summed E-state index contributed by atoms with van der Waals surface area (Å²) in [6.07, 6.45) is 3.18. The highest BCUT2D eigenvalue weighted by Crippen LogP contribution is 2.12. The van der Waals surface area contributed by atoms with Gasteiger partial charge in [0.2, 0.25) is 0 Å². The predicted octanol–water partition coefficient (Wildman–Crippen LogP) is 2.80. The average molecular weight is 239 g/mol. The van der Waals surface area contributed by atoms with Crippen molar-refractivity contribution < 1.29 is 4.74 Å². The lowest BCUT2D eigenvalue weighted by Crippen LogP contribution is -2.21. The molecule has 1 aromatic carbocycles. The first-order valence-corrected chi connectivity index (χ1v) is 6.41. The van der Waals surface area contributed by atoms with Crippen LogP contribution in [0.1, 0.15) is 24.8 Å². The normalized spacial score (nSPS) is 12.4. The SMILES string of the molecule is Cc1ccc(OCCCC[C@@H](N)CS)cc1. The molecule has 0 fully saturated rings. The predicted molar refractivity (Wildman–Crippen MR) is 72.4 cm³/mol. The topological polar surface area (TPSA) is 35.2 Å². The van der Waals surface area contributed by atoms with E-state index in [1.54, 1.807) is 0 Å². The first-order chi connectivity index (χ1) is 7.72. The van der Waals surface area contributed by atoms with E-state index < -0.39 is 0 Å². The Balaban J connectivity index is 2.09. The number of unbranched alkanes of at least 4 members (excludes halogenated alkanes) is 1. The van der Waals surface area contributed by atoms with E-state index in [1.807, 2.05) is 12.1 Å². The number of benzene rings is 1. The van der Waals surface area contributed by atoms with Gasteiger partial charge in [-0.15, -0.1) is 0 Å². The summed E-state index contributed by atoms with van der Waals surface area (Å²) in [6, 6.07) is 8.37. The number of thiol groups is 1. The molecule has 0 aromatic heterocycles. The van der Waals surface area contributed by atoms with E-state index in [0.29, 0.717) is 0 Å². The van der Waals surface area contributed by atoms with Crippen LogP contribution in [-0.2, 0) is 0 Å². The van der Waals surface area contributed by atoms with Crippen LogP contribution in [0.4, 0.5) is 0 Å². The molecule has 90 valence electrons. The fourth-order valence-electron chi connectivity index (χ4n) is 1.42. The molecule has 0 aliphatic rings. The molecule has 2 nitrogen and oxygen atoms in total. The van der Waals surface area contributed by atoms with Gasteiger partial charge >= 0.3 is 0 Å². The molecule has 0 aliphatic carbocycles. The van der Waals surface area contributed by atoms with Crippen molar-refractivity contribution in [1.29, 1.82) is 0 Å². The third-order valence-electron chi connectivity index (χ3n) is 2.49. The Bertz CT molecular complexity index is 286. The summed E-state index contributed by atoms with van der Waals surface area (Å²) in [7, 11) is 0. The Hall–Kier alpha value is -0.670. The van der Waals surface area contributed by atoms with Crippen LogP contribution in [0, 0.1) is 6.92 Å². The van der Waals surface area contributed by atoms with Gasteiger partial charge in [-0.25, -0.2) is 0 Å². The van der Waals surface area contributed by atoms with Gasteiger partial charge in [0.05, 0.1) is 6.61 Å². The molecular weight excluding hydrogens is 218 g/mol. The van der Waals surface area contributed by atoms with Gasteiger partial charge < -0.3 is 10.5 Å². The van der Waals surface area contributed by atoms with Crippen LogP contribution in [0.15, 0.2) is 24.3 Å². The molecule has 16 heavy (non-hydrogen) atoms. The van der Waals surface area contributed by atoms with Crippen LogP contribution in [0.3, 0.4) is 0 Å². The van der Waals surface area contributed by atoms with Crippen molar-refractivity contribution in [2.45, 2.75) is 32.2 Å². The van der Waals surface area contributed by atoms with Crippen LogP contribution in [-0.4, -0.2) is 18.4 Å². The maximum Gasteiger partial charge on any atom is 0.119 e. The van der Waals surface area contributed by atoms with Crippen molar-refractivity contribution in [2.75, 3.05) is 12.4 Å². The van der Waals surface area contributed by atoms with Gasteiger partial charge in [-0.05, 0) is 38.3 Å². The van der Waals surface area contributed by atoms with Gasteiger partial charge in [0.15, 0.2) is 0 Å². The summed E-state index contributed by atoms with van der Waals surface area (Å²) in [5.74, 6) is 1.71. The lowest BCUT2D eigenvalue weighted by atomic mass is 10.1. The summed E-state index contributed by atoms with van der Waals surface area (Å²) in [4.78, 5) is 0. The molecule has 0 radical (unpaired) electrons. The molecule has 0 saturated carbocycles. The highest BCUT2D eigenvalue weighted by Gasteiger charge is 1.99. The minimum Gasteiger partial charge on any atom is -0.494 e. The number of aryl methyl sites for hydroxylation is 1. The minimum atomic E-state index is 0.225. The zero-order valence-electron chi connectivity index (χ0n) is 9.86. The standard InChI is InChI=1S/C13H21NOS/c1-11-5-7-13(8-6-11)15-9-3-2-4-12(14)10-16/h5-8,12,16H,2-4,9-10,14H2,1H3/t12-/m1/s1. The fourth-order valence-corrected chi connectivity index (χ4v) is 1.61. The van der Waals surface area contributed by atoms with Gasteiger partial charge in [0, 0.05) is 11.8 Å².